The predicted molar refractivity (Wildman–Crippen MR) is 122 cm³/mol. The summed E-state index contributed by atoms with van der Waals surface area (Å²) in [4.78, 5) is 6.33. The molecule has 0 atom stereocenters. The number of benzene rings is 2. The number of likely N-dealkylation sites (N-methyl/N-ethyl adjacent to an activating group) is 1. The molecule has 3 rings (SSSR count). The van der Waals surface area contributed by atoms with Gasteiger partial charge in [0, 0.05) is 25.7 Å². The minimum absolute atomic E-state index is 0. The van der Waals surface area contributed by atoms with E-state index in [1.54, 1.807) is 7.05 Å². The van der Waals surface area contributed by atoms with Gasteiger partial charge in [0.05, 0.1) is 13.1 Å². The largest absolute Gasteiger partial charge is 0.492 e. The van der Waals surface area contributed by atoms with Gasteiger partial charge in [0.15, 0.2) is 11.7 Å². The average Bonchev–Trinajstić information content (AvgIpc) is 3.19. The quantitative estimate of drug-likeness (QED) is 0.307. The van der Waals surface area contributed by atoms with Crippen molar-refractivity contribution >= 4 is 29.9 Å². The van der Waals surface area contributed by atoms with Crippen molar-refractivity contribution in [2.75, 3.05) is 27.2 Å². The number of rotatable bonds is 7. The molecule has 1 N–H and O–H groups in total. The van der Waals surface area contributed by atoms with Crippen LogP contribution in [0.15, 0.2) is 76.2 Å². The maximum atomic E-state index is 5.73. The summed E-state index contributed by atoms with van der Waals surface area (Å²) < 4.78 is 11.2. The van der Waals surface area contributed by atoms with E-state index in [0.717, 1.165) is 28.7 Å². The highest BCUT2D eigenvalue weighted by atomic mass is 127. The van der Waals surface area contributed by atoms with Crippen LogP contribution in [0.1, 0.15) is 5.69 Å². The van der Waals surface area contributed by atoms with E-state index in [1.165, 1.54) is 0 Å². The summed E-state index contributed by atoms with van der Waals surface area (Å²) in [5, 5.41) is 7.42. The van der Waals surface area contributed by atoms with E-state index in [2.05, 4.69) is 15.5 Å². The molecule has 0 aliphatic carbocycles. The van der Waals surface area contributed by atoms with Crippen molar-refractivity contribution in [3.05, 3.63) is 72.4 Å². The van der Waals surface area contributed by atoms with Gasteiger partial charge in [-0.25, -0.2) is 0 Å². The fraction of sp³-hybridized carbons (Fsp3) is 0.238. The zero-order valence-corrected chi connectivity index (χ0v) is 18.4. The zero-order chi connectivity index (χ0) is 18.9. The summed E-state index contributed by atoms with van der Waals surface area (Å²) in [5.41, 5.74) is 1.83. The van der Waals surface area contributed by atoms with Crippen LogP contribution in [-0.4, -0.2) is 43.3 Å². The number of halogens is 1. The van der Waals surface area contributed by atoms with Crippen LogP contribution >= 0.6 is 24.0 Å². The van der Waals surface area contributed by atoms with Crippen LogP contribution < -0.4 is 10.1 Å². The highest BCUT2D eigenvalue weighted by Gasteiger charge is 2.09. The van der Waals surface area contributed by atoms with Crippen molar-refractivity contribution in [3.63, 3.8) is 0 Å². The number of hydrogen-bond acceptors (Lipinski definition) is 4. The molecule has 0 bridgehead atoms. The van der Waals surface area contributed by atoms with Crippen molar-refractivity contribution in [1.29, 1.82) is 0 Å². The summed E-state index contributed by atoms with van der Waals surface area (Å²) >= 11 is 0. The fourth-order valence-corrected chi connectivity index (χ4v) is 2.61. The zero-order valence-electron chi connectivity index (χ0n) is 16.0. The first-order chi connectivity index (χ1) is 13.3. The Morgan fingerprint density at radius 1 is 1.11 bits per heavy atom. The summed E-state index contributed by atoms with van der Waals surface area (Å²) in [6.45, 7) is 1.82. The van der Waals surface area contributed by atoms with E-state index < -0.39 is 0 Å². The molecule has 3 aromatic rings. The molecule has 0 saturated carbocycles. The Morgan fingerprint density at radius 2 is 1.79 bits per heavy atom. The number of nitrogens with zero attached hydrogens (tertiary/aromatic N) is 3. The normalized spacial score (nSPS) is 10.9. The summed E-state index contributed by atoms with van der Waals surface area (Å²) in [5.74, 6) is 2.40. The molecule has 0 fully saturated rings. The van der Waals surface area contributed by atoms with Crippen LogP contribution in [0.5, 0.6) is 5.75 Å². The number of guanidine groups is 1. The maximum Gasteiger partial charge on any atom is 0.193 e. The first-order valence-electron chi connectivity index (χ1n) is 8.87. The third kappa shape index (κ3) is 6.26. The van der Waals surface area contributed by atoms with Crippen molar-refractivity contribution < 1.29 is 9.26 Å². The Bertz CT molecular complexity index is 853. The second-order valence-electron chi connectivity index (χ2n) is 6.03. The van der Waals surface area contributed by atoms with Crippen LogP contribution in [0.4, 0.5) is 0 Å². The van der Waals surface area contributed by atoms with Crippen molar-refractivity contribution in [2.45, 2.75) is 6.54 Å². The maximum absolute atomic E-state index is 5.73. The molecule has 6 nitrogen and oxygen atoms in total. The number of nitrogens with one attached hydrogen (secondary N) is 1. The molecule has 1 heterocycles. The second-order valence-corrected chi connectivity index (χ2v) is 6.03. The van der Waals surface area contributed by atoms with Crippen LogP contribution in [0.25, 0.3) is 11.3 Å². The van der Waals surface area contributed by atoms with E-state index in [0.29, 0.717) is 19.7 Å². The molecule has 28 heavy (non-hydrogen) atoms. The molecule has 2 aromatic carbocycles. The van der Waals surface area contributed by atoms with Gasteiger partial charge in [-0.15, -0.1) is 24.0 Å². The molecule has 0 aliphatic rings. The van der Waals surface area contributed by atoms with Gasteiger partial charge < -0.3 is 19.5 Å². The molecule has 1 aromatic heterocycles. The lowest BCUT2D eigenvalue weighted by Gasteiger charge is -2.21. The number of para-hydroxylation sites is 1. The third-order valence-corrected chi connectivity index (χ3v) is 4.06. The summed E-state index contributed by atoms with van der Waals surface area (Å²) in [7, 11) is 3.73. The summed E-state index contributed by atoms with van der Waals surface area (Å²) in [6.07, 6.45) is 0. The molecule has 0 saturated heterocycles. The SMILES string of the molecule is CN=C(NCc1cc(-c2ccccc2)on1)N(C)CCOc1ccccc1.I. The van der Waals surface area contributed by atoms with Crippen molar-refractivity contribution in [2.24, 2.45) is 4.99 Å². The van der Waals surface area contributed by atoms with Gasteiger partial charge in [0.1, 0.15) is 18.1 Å². The van der Waals surface area contributed by atoms with E-state index in [9.17, 15) is 0 Å². The molecule has 0 radical (unpaired) electrons. The minimum Gasteiger partial charge on any atom is -0.492 e. The third-order valence-electron chi connectivity index (χ3n) is 4.06. The van der Waals surface area contributed by atoms with Crippen LogP contribution in [0.2, 0.25) is 0 Å². The van der Waals surface area contributed by atoms with E-state index in [1.807, 2.05) is 78.7 Å². The first-order valence-corrected chi connectivity index (χ1v) is 8.87. The second kappa shape index (κ2) is 11.3. The molecule has 0 spiro atoms. The number of ether oxygens (including phenoxy) is 1. The number of hydrogen-bond donors (Lipinski definition) is 1. The first kappa shape index (κ1) is 21.7. The Hall–Kier alpha value is -2.55. The molecule has 0 unspecified atom stereocenters. The van der Waals surface area contributed by atoms with E-state index in [4.69, 9.17) is 9.26 Å². The van der Waals surface area contributed by atoms with Crippen LogP contribution in [0, 0.1) is 0 Å². The summed E-state index contributed by atoms with van der Waals surface area (Å²) in [6, 6.07) is 21.6. The van der Waals surface area contributed by atoms with Gasteiger partial charge in [-0.05, 0) is 12.1 Å². The van der Waals surface area contributed by atoms with Gasteiger partial charge in [-0.2, -0.15) is 0 Å². The van der Waals surface area contributed by atoms with E-state index in [-0.39, 0.29) is 24.0 Å². The number of aromatic nitrogens is 1. The van der Waals surface area contributed by atoms with Gasteiger partial charge in [0.2, 0.25) is 0 Å². The minimum atomic E-state index is 0. The molecule has 0 aliphatic heterocycles. The Labute approximate surface area is 182 Å². The van der Waals surface area contributed by atoms with Crippen LogP contribution in [-0.2, 0) is 6.54 Å². The predicted octanol–water partition coefficient (Wildman–Crippen LogP) is 4.05. The molecule has 148 valence electrons. The molecular weight excluding hydrogens is 467 g/mol. The lowest BCUT2D eigenvalue weighted by atomic mass is 10.2. The van der Waals surface area contributed by atoms with Gasteiger partial charge in [-0.3, -0.25) is 4.99 Å². The lowest BCUT2D eigenvalue weighted by molar-refractivity contribution is 0.281. The monoisotopic (exact) mass is 492 g/mol. The van der Waals surface area contributed by atoms with E-state index >= 15 is 0 Å². The highest BCUT2D eigenvalue weighted by molar-refractivity contribution is 14.0. The molecule has 7 heteroatoms. The Kier molecular flexibility index (Phi) is 8.80. The fourth-order valence-electron chi connectivity index (χ4n) is 2.61. The average molecular weight is 492 g/mol. The molecular formula is C21H25IN4O2. The Morgan fingerprint density at radius 3 is 2.46 bits per heavy atom. The standard InChI is InChI=1S/C21H24N4O2.HI/c1-22-21(25(2)13-14-26-19-11-7-4-8-12-19)23-16-18-15-20(27-24-18)17-9-5-3-6-10-17;/h3-12,15H,13-14,16H2,1-2H3,(H,22,23);1H. The smallest absolute Gasteiger partial charge is 0.193 e. The van der Waals surface area contributed by atoms with Gasteiger partial charge in [0.25, 0.3) is 0 Å². The lowest BCUT2D eigenvalue weighted by Crippen LogP contribution is -2.40. The van der Waals surface area contributed by atoms with Gasteiger partial charge in [-0.1, -0.05) is 53.7 Å². The van der Waals surface area contributed by atoms with Gasteiger partial charge >= 0.3 is 0 Å². The van der Waals surface area contributed by atoms with Crippen molar-refractivity contribution in [1.82, 2.24) is 15.4 Å². The van der Waals surface area contributed by atoms with Crippen molar-refractivity contribution in [3.8, 4) is 17.1 Å². The Balaban J connectivity index is 0.00000280. The number of aliphatic imine (C=N–C) groups is 1. The molecule has 0 amide bonds. The van der Waals surface area contributed by atoms with Crippen LogP contribution in [0.3, 0.4) is 0 Å². The highest BCUT2D eigenvalue weighted by Crippen LogP contribution is 2.19. The topological polar surface area (TPSA) is 62.9 Å².